The molecule has 0 aliphatic heterocycles. The quantitative estimate of drug-likeness (QED) is 0.498. The fourth-order valence-corrected chi connectivity index (χ4v) is 4.22. The SMILES string of the molecule is CCC(C(=O)NC(C)C)N(Cc1ccccc1Cl)C(=O)CSCc1ccc(Cl)cc1. The molecule has 4 nitrogen and oxygen atoms in total. The van der Waals surface area contributed by atoms with Gasteiger partial charge in [-0.1, -0.05) is 60.5 Å². The van der Waals surface area contributed by atoms with E-state index < -0.39 is 6.04 Å². The van der Waals surface area contributed by atoms with E-state index in [0.29, 0.717) is 28.8 Å². The van der Waals surface area contributed by atoms with E-state index in [4.69, 9.17) is 23.2 Å². The minimum absolute atomic E-state index is 0.00287. The Hall–Kier alpha value is -1.69. The number of nitrogens with one attached hydrogen (secondary N) is 1. The van der Waals surface area contributed by atoms with E-state index in [-0.39, 0.29) is 23.6 Å². The number of carbonyl (C=O) groups excluding carboxylic acids is 2. The van der Waals surface area contributed by atoms with Crippen LogP contribution in [0.3, 0.4) is 0 Å². The summed E-state index contributed by atoms with van der Waals surface area (Å²) in [6.45, 7) is 6.03. The zero-order valence-electron chi connectivity index (χ0n) is 17.5. The van der Waals surface area contributed by atoms with Crippen molar-refractivity contribution in [3.63, 3.8) is 0 Å². The van der Waals surface area contributed by atoms with Gasteiger partial charge in [0.1, 0.15) is 6.04 Å². The number of nitrogens with zero attached hydrogens (tertiary/aromatic N) is 1. The van der Waals surface area contributed by atoms with E-state index in [1.165, 1.54) is 11.8 Å². The smallest absolute Gasteiger partial charge is 0.243 e. The fraction of sp³-hybridized carbons (Fsp3) is 0.391. The maximum absolute atomic E-state index is 13.2. The Balaban J connectivity index is 2.13. The first kappa shape index (κ1) is 24.6. The number of hydrogen-bond acceptors (Lipinski definition) is 3. The lowest BCUT2D eigenvalue weighted by molar-refractivity contribution is -0.139. The van der Waals surface area contributed by atoms with Crippen LogP contribution in [0.2, 0.25) is 10.0 Å². The molecule has 162 valence electrons. The van der Waals surface area contributed by atoms with Crippen LogP contribution in [0.1, 0.15) is 38.3 Å². The summed E-state index contributed by atoms with van der Waals surface area (Å²) < 4.78 is 0. The maximum atomic E-state index is 13.2. The predicted molar refractivity (Wildman–Crippen MR) is 127 cm³/mol. The Morgan fingerprint density at radius 2 is 1.73 bits per heavy atom. The van der Waals surface area contributed by atoms with Gasteiger partial charge < -0.3 is 10.2 Å². The molecule has 0 radical (unpaired) electrons. The highest BCUT2D eigenvalue weighted by molar-refractivity contribution is 7.99. The molecule has 0 heterocycles. The Kier molecular flexibility index (Phi) is 10.0. The van der Waals surface area contributed by atoms with Gasteiger partial charge in [0.05, 0.1) is 5.75 Å². The number of benzene rings is 2. The molecule has 0 aliphatic carbocycles. The number of rotatable bonds is 10. The molecule has 0 aromatic heterocycles. The molecule has 1 atom stereocenters. The van der Waals surface area contributed by atoms with Gasteiger partial charge >= 0.3 is 0 Å². The summed E-state index contributed by atoms with van der Waals surface area (Å²) in [6, 6.07) is 14.4. The van der Waals surface area contributed by atoms with Gasteiger partial charge in [-0.3, -0.25) is 9.59 Å². The van der Waals surface area contributed by atoms with E-state index in [1.807, 2.05) is 63.2 Å². The van der Waals surface area contributed by atoms with Crippen LogP contribution in [-0.4, -0.2) is 34.6 Å². The molecule has 2 rings (SSSR count). The highest BCUT2D eigenvalue weighted by Crippen LogP contribution is 2.22. The largest absolute Gasteiger partial charge is 0.352 e. The van der Waals surface area contributed by atoms with Gasteiger partial charge in [-0.25, -0.2) is 0 Å². The Morgan fingerprint density at radius 1 is 1.07 bits per heavy atom. The van der Waals surface area contributed by atoms with Crippen molar-refractivity contribution in [3.05, 3.63) is 69.7 Å². The molecule has 0 fully saturated rings. The van der Waals surface area contributed by atoms with Gasteiger partial charge in [0.2, 0.25) is 11.8 Å². The van der Waals surface area contributed by atoms with E-state index in [9.17, 15) is 9.59 Å². The van der Waals surface area contributed by atoms with Crippen molar-refractivity contribution in [1.29, 1.82) is 0 Å². The molecule has 2 aromatic carbocycles. The van der Waals surface area contributed by atoms with Crippen LogP contribution in [0.15, 0.2) is 48.5 Å². The molecule has 0 bridgehead atoms. The van der Waals surface area contributed by atoms with E-state index in [1.54, 1.807) is 11.0 Å². The molecule has 30 heavy (non-hydrogen) atoms. The summed E-state index contributed by atoms with van der Waals surface area (Å²) in [6.07, 6.45) is 0.524. The van der Waals surface area contributed by atoms with Crippen molar-refractivity contribution in [2.75, 3.05) is 5.75 Å². The third-order valence-electron chi connectivity index (χ3n) is 4.52. The first-order chi connectivity index (χ1) is 14.3. The fourth-order valence-electron chi connectivity index (χ4n) is 3.03. The molecule has 2 amide bonds. The van der Waals surface area contributed by atoms with E-state index in [0.717, 1.165) is 11.1 Å². The molecular formula is C23H28Cl2N2O2S. The standard InChI is InChI=1S/C23H28Cl2N2O2S/c1-4-21(23(29)26-16(2)3)27(13-18-7-5-6-8-20(18)25)22(28)15-30-14-17-9-11-19(24)12-10-17/h5-12,16,21H,4,13-15H2,1-3H3,(H,26,29). The Labute approximate surface area is 193 Å². The second-order valence-corrected chi connectivity index (χ2v) is 9.15. The van der Waals surface area contributed by atoms with Crippen molar-refractivity contribution in [3.8, 4) is 0 Å². The number of halogens is 2. The molecular weight excluding hydrogens is 439 g/mol. The third-order valence-corrected chi connectivity index (χ3v) is 6.13. The maximum Gasteiger partial charge on any atom is 0.243 e. The predicted octanol–water partition coefficient (Wildman–Crippen LogP) is 5.56. The van der Waals surface area contributed by atoms with Gasteiger partial charge in [-0.2, -0.15) is 0 Å². The van der Waals surface area contributed by atoms with Crippen LogP contribution >= 0.6 is 35.0 Å². The monoisotopic (exact) mass is 466 g/mol. The van der Waals surface area contributed by atoms with E-state index in [2.05, 4.69) is 5.32 Å². The zero-order valence-corrected chi connectivity index (χ0v) is 19.9. The van der Waals surface area contributed by atoms with Gasteiger partial charge in [-0.15, -0.1) is 11.8 Å². The van der Waals surface area contributed by atoms with Gasteiger partial charge in [0, 0.05) is 28.4 Å². The van der Waals surface area contributed by atoms with Gasteiger partial charge in [-0.05, 0) is 49.6 Å². The van der Waals surface area contributed by atoms with Gasteiger partial charge in [0.15, 0.2) is 0 Å². The summed E-state index contributed by atoms with van der Waals surface area (Å²) in [5.41, 5.74) is 1.92. The van der Waals surface area contributed by atoms with E-state index >= 15 is 0 Å². The highest BCUT2D eigenvalue weighted by Gasteiger charge is 2.29. The average Bonchev–Trinajstić information content (AvgIpc) is 2.70. The molecule has 1 unspecified atom stereocenters. The minimum atomic E-state index is -0.549. The first-order valence-corrected chi connectivity index (χ1v) is 11.9. The number of amides is 2. The Morgan fingerprint density at radius 3 is 2.33 bits per heavy atom. The van der Waals surface area contributed by atoms with Crippen molar-refractivity contribution >= 4 is 46.8 Å². The summed E-state index contributed by atoms with van der Waals surface area (Å²) in [7, 11) is 0. The number of hydrogen-bond donors (Lipinski definition) is 1. The normalized spacial score (nSPS) is 11.9. The number of thioether (sulfide) groups is 1. The lowest BCUT2D eigenvalue weighted by Crippen LogP contribution is -2.51. The first-order valence-electron chi connectivity index (χ1n) is 9.97. The van der Waals surface area contributed by atoms with Crippen molar-refractivity contribution in [2.45, 2.75) is 51.6 Å². The second-order valence-electron chi connectivity index (χ2n) is 7.32. The van der Waals surface area contributed by atoms with Crippen molar-refractivity contribution < 1.29 is 9.59 Å². The lowest BCUT2D eigenvalue weighted by atomic mass is 10.1. The molecule has 0 saturated carbocycles. The van der Waals surface area contributed by atoms with Crippen LogP contribution in [0.5, 0.6) is 0 Å². The topological polar surface area (TPSA) is 49.4 Å². The van der Waals surface area contributed by atoms with Crippen LogP contribution in [0.25, 0.3) is 0 Å². The summed E-state index contributed by atoms with van der Waals surface area (Å²) in [5, 5.41) is 4.21. The van der Waals surface area contributed by atoms with Crippen LogP contribution < -0.4 is 5.32 Å². The Bertz CT molecular complexity index is 843. The van der Waals surface area contributed by atoms with Crippen molar-refractivity contribution in [1.82, 2.24) is 10.2 Å². The molecule has 7 heteroatoms. The second kappa shape index (κ2) is 12.2. The molecule has 0 spiro atoms. The van der Waals surface area contributed by atoms with Gasteiger partial charge in [0.25, 0.3) is 0 Å². The summed E-state index contributed by atoms with van der Waals surface area (Å²) in [4.78, 5) is 27.6. The molecule has 1 N–H and O–H groups in total. The number of carbonyl (C=O) groups is 2. The zero-order chi connectivity index (χ0) is 22.1. The molecule has 0 aliphatic rings. The highest BCUT2D eigenvalue weighted by atomic mass is 35.5. The lowest BCUT2D eigenvalue weighted by Gasteiger charge is -2.31. The van der Waals surface area contributed by atoms with Crippen LogP contribution in [-0.2, 0) is 21.9 Å². The van der Waals surface area contributed by atoms with Crippen molar-refractivity contribution in [2.24, 2.45) is 0 Å². The summed E-state index contributed by atoms with van der Waals surface area (Å²) in [5.74, 6) is 0.742. The van der Waals surface area contributed by atoms with Crippen LogP contribution in [0.4, 0.5) is 0 Å². The average molecular weight is 467 g/mol. The summed E-state index contributed by atoms with van der Waals surface area (Å²) >= 11 is 13.8. The minimum Gasteiger partial charge on any atom is -0.352 e. The molecule has 0 saturated heterocycles. The van der Waals surface area contributed by atoms with Crippen LogP contribution in [0, 0.1) is 0 Å². The molecule has 2 aromatic rings. The third kappa shape index (κ3) is 7.53.